The maximum Gasteiger partial charge on any atom is 0.129 e. The summed E-state index contributed by atoms with van der Waals surface area (Å²) < 4.78 is 19.9. The minimum atomic E-state index is -0.516. The molecule has 0 aliphatic rings. The second-order valence-corrected chi connectivity index (χ2v) is 5.41. The number of halogens is 2. The number of benzene rings is 2. The van der Waals surface area contributed by atoms with Gasteiger partial charge >= 0.3 is 0 Å². The van der Waals surface area contributed by atoms with Gasteiger partial charge in [-0.25, -0.2) is 9.82 Å². The van der Waals surface area contributed by atoms with Crippen molar-refractivity contribution in [3.8, 4) is 5.75 Å². The molecular weight excluding hydrogens is 291 g/mol. The number of hydrogen-bond acceptors (Lipinski definition) is 3. The number of nitrogens with one attached hydrogen (secondary N) is 1. The van der Waals surface area contributed by atoms with Gasteiger partial charge in [0.1, 0.15) is 11.6 Å². The van der Waals surface area contributed by atoms with E-state index in [1.54, 1.807) is 12.1 Å². The maximum absolute atomic E-state index is 14.1. The number of hydrogen-bond donors (Lipinski definition) is 2. The van der Waals surface area contributed by atoms with Gasteiger partial charge in [0.25, 0.3) is 0 Å². The van der Waals surface area contributed by atoms with E-state index >= 15 is 0 Å². The molecule has 0 saturated carbocycles. The highest BCUT2D eigenvalue weighted by Crippen LogP contribution is 2.32. The number of nitrogens with two attached hydrogens (primary N) is 1. The topological polar surface area (TPSA) is 47.3 Å². The highest BCUT2D eigenvalue weighted by Gasteiger charge is 2.20. The second kappa shape index (κ2) is 6.89. The van der Waals surface area contributed by atoms with Crippen LogP contribution in [-0.4, -0.2) is 6.10 Å². The molecule has 3 nitrogen and oxygen atoms in total. The highest BCUT2D eigenvalue weighted by molar-refractivity contribution is 6.30. The summed E-state index contributed by atoms with van der Waals surface area (Å²) >= 11 is 5.79. The van der Waals surface area contributed by atoms with E-state index in [9.17, 15) is 4.39 Å². The number of hydrazine groups is 1. The Morgan fingerprint density at radius 1 is 1.14 bits per heavy atom. The molecular formula is C16H18ClFN2O. The lowest BCUT2D eigenvalue weighted by Crippen LogP contribution is -2.30. The van der Waals surface area contributed by atoms with Crippen molar-refractivity contribution in [3.05, 3.63) is 64.4 Å². The van der Waals surface area contributed by atoms with Crippen LogP contribution in [0.1, 0.15) is 31.0 Å². The van der Waals surface area contributed by atoms with Gasteiger partial charge in [-0.15, -0.1) is 0 Å². The van der Waals surface area contributed by atoms with E-state index in [1.165, 1.54) is 6.07 Å². The Morgan fingerprint density at radius 2 is 1.86 bits per heavy atom. The van der Waals surface area contributed by atoms with Crippen molar-refractivity contribution in [3.63, 3.8) is 0 Å². The quantitative estimate of drug-likeness (QED) is 0.652. The monoisotopic (exact) mass is 308 g/mol. The molecule has 0 spiro atoms. The van der Waals surface area contributed by atoms with Gasteiger partial charge in [-0.3, -0.25) is 5.84 Å². The van der Waals surface area contributed by atoms with Gasteiger partial charge in [-0.1, -0.05) is 35.9 Å². The lowest BCUT2D eigenvalue weighted by atomic mass is 9.98. The van der Waals surface area contributed by atoms with E-state index in [2.05, 4.69) is 5.43 Å². The summed E-state index contributed by atoms with van der Waals surface area (Å²) in [5.74, 6) is 5.90. The van der Waals surface area contributed by atoms with Gasteiger partial charge in [-0.05, 0) is 32.0 Å². The molecule has 2 aromatic carbocycles. The van der Waals surface area contributed by atoms with E-state index in [0.717, 1.165) is 5.56 Å². The molecule has 1 atom stereocenters. The minimum Gasteiger partial charge on any atom is -0.491 e. The van der Waals surface area contributed by atoms with Crippen molar-refractivity contribution in [2.24, 2.45) is 5.84 Å². The van der Waals surface area contributed by atoms with Crippen LogP contribution >= 0.6 is 11.6 Å². The lowest BCUT2D eigenvalue weighted by molar-refractivity contribution is 0.238. The molecule has 5 heteroatoms. The summed E-state index contributed by atoms with van der Waals surface area (Å²) in [5, 5.41) is 0.346. The third-order valence-electron chi connectivity index (χ3n) is 3.03. The minimum absolute atomic E-state index is 0.0136. The molecule has 112 valence electrons. The van der Waals surface area contributed by atoms with Crippen LogP contribution in [-0.2, 0) is 0 Å². The molecule has 0 bridgehead atoms. The predicted octanol–water partition coefficient (Wildman–Crippen LogP) is 3.82. The Hall–Kier alpha value is -1.62. The van der Waals surface area contributed by atoms with Crippen LogP contribution < -0.4 is 16.0 Å². The molecule has 0 aliphatic heterocycles. The van der Waals surface area contributed by atoms with Crippen LogP contribution in [0.15, 0.2) is 42.5 Å². The molecule has 0 fully saturated rings. The molecule has 2 rings (SSSR count). The van der Waals surface area contributed by atoms with Gasteiger partial charge < -0.3 is 4.74 Å². The van der Waals surface area contributed by atoms with Crippen molar-refractivity contribution >= 4 is 11.6 Å². The zero-order chi connectivity index (χ0) is 15.4. The Kier molecular flexibility index (Phi) is 5.17. The summed E-state index contributed by atoms with van der Waals surface area (Å²) in [6, 6.07) is 11.4. The van der Waals surface area contributed by atoms with Gasteiger partial charge in [0.05, 0.1) is 12.1 Å². The Balaban J connectivity index is 2.46. The van der Waals surface area contributed by atoms with E-state index in [0.29, 0.717) is 16.3 Å². The Labute approximate surface area is 128 Å². The normalized spacial score (nSPS) is 12.5. The molecule has 1 unspecified atom stereocenters. The maximum atomic E-state index is 14.1. The van der Waals surface area contributed by atoms with Crippen molar-refractivity contribution < 1.29 is 9.13 Å². The number of ether oxygens (including phenoxy) is 1. The molecule has 3 N–H and O–H groups in total. The van der Waals surface area contributed by atoms with E-state index in [4.69, 9.17) is 22.2 Å². The summed E-state index contributed by atoms with van der Waals surface area (Å²) in [4.78, 5) is 0. The third-order valence-corrected chi connectivity index (χ3v) is 3.27. The summed E-state index contributed by atoms with van der Waals surface area (Å²) in [6.07, 6.45) is 0.0136. The second-order valence-electron chi connectivity index (χ2n) is 4.97. The van der Waals surface area contributed by atoms with Crippen molar-refractivity contribution in [1.29, 1.82) is 0 Å². The van der Waals surface area contributed by atoms with Crippen LogP contribution in [0.25, 0.3) is 0 Å². The van der Waals surface area contributed by atoms with E-state index in [1.807, 2.05) is 38.1 Å². The van der Waals surface area contributed by atoms with Gasteiger partial charge in [0.2, 0.25) is 0 Å². The first-order valence-electron chi connectivity index (χ1n) is 6.69. The fourth-order valence-corrected chi connectivity index (χ4v) is 2.32. The molecule has 0 radical (unpaired) electrons. The first-order chi connectivity index (χ1) is 10.0. The lowest BCUT2D eigenvalue weighted by Gasteiger charge is -2.22. The molecule has 0 aromatic heterocycles. The van der Waals surface area contributed by atoms with Crippen molar-refractivity contribution in [1.82, 2.24) is 5.43 Å². The zero-order valence-electron chi connectivity index (χ0n) is 11.9. The number of rotatable bonds is 5. The van der Waals surface area contributed by atoms with Crippen LogP contribution in [0.2, 0.25) is 5.02 Å². The van der Waals surface area contributed by atoms with Crippen LogP contribution in [0.5, 0.6) is 5.75 Å². The Bertz CT molecular complexity index is 619. The summed E-state index contributed by atoms with van der Waals surface area (Å²) in [5.41, 5.74) is 3.84. The average Bonchev–Trinajstić information content (AvgIpc) is 2.43. The highest BCUT2D eigenvalue weighted by atomic mass is 35.5. The molecule has 0 saturated heterocycles. The standard InChI is InChI=1S/C16H18ClFN2O/c1-10(2)21-15-6-4-3-5-13(15)16(20-19)12-8-7-11(17)9-14(12)18/h3-10,16,20H,19H2,1-2H3. The van der Waals surface area contributed by atoms with Crippen LogP contribution in [0, 0.1) is 5.82 Å². The summed E-state index contributed by atoms with van der Waals surface area (Å²) in [7, 11) is 0. The molecule has 0 heterocycles. The molecule has 0 aliphatic carbocycles. The zero-order valence-corrected chi connectivity index (χ0v) is 12.7. The molecule has 0 amide bonds. The first kappa shape index (κ1) is 15.8. The average molecular weight is 309 g/mol. The van der Waals surface area contributed by atoms with Gasteiger partial charge in [0, 0.05) is 16.1 Å². The fourth-order valence-electron chi connectivity index (χ4n) is 2.16. The van der Waals surface area contributed by atoms with E-state index in [-0.39, 0.29) is 6.10 Å². The molecule has 2 aromatic rings. The summed E-state index contributed by atoms with van der Waals surface area (Å²) in [6.45, 7) is 3.87. The van der Waals surface area contributed by atoms with Crippen LogP contribution in [0.3, 0.4) is 0 Å². The SMILES string of the molecule is CC(C)Oc1ccccc1C(NN)c1ccc(Cl)cc1F. The predicted molar refractivity (Wildman–Crippen MR) is 82.8 cm³/mol. The Morgan fingerprint density at radius 3 is 2.48 bits per heavy atom. The largest absolute Gasteiger partial charge is 0.491 e. The molecule has 21 heavy (non-hydrogen) atoms. The van der Waals surface area contributed by atoms with Crippen molar-refractivity contribution in [2.45, 2.75) is 26.0 Å². The van der Waals surface area contributed by atoms with Gasteiger partial charge in [0.15, 0.2) is 0 Å². The van der Waals surface area contributed by atoms with Crippen molar-refractivity contribution in [2.75, 3.05) is 0 Å². The first-order valence-corrected chi connectivity index (χ1v) is 7.07. The smallest absolute Gasteiger partial charge is 0.129 e. The number of para-hydroxylation sites is 1. The van der Waals surface area contributed by atoms with Crippen LogP contribution in [0.4, 0.5) is 4.39 Å². The van der Waals surface area contributed by atoms with Gasteiger partial charge in [-0.2, -0.15) is 0 Å². The third kappa shape index (κ3) is 3.73. The van der Waals surface area contributed by atoms with E-state index < -0.39 is 11.9 Å². The fraction of sp³-hybridized carbons (Fsp3) is 0.250.